The highest BCUT2D eigenvalue weighted by Gasteiger charge is 2.25. The Kier molecular flexibility index (Phi) is 4.79. The van der Waals surface area contributed by atoms with Crippen LogP contribution in [0.25, 0.3) is 0 Å². The summed E-state index contributed by atoms with van der Waals surface area (Å²) < 4.78 is 7.61. The second kappa shape index (κ2) is 6.56. The summed E-state index contributed by atoms with van der Waals surface area (Å²) in [5, 5.41) is 2.95. The van der Waals surface area contributed by atoms with Gasteiger partial charge in [-0.05, 0) is 20.3 Å². The molecule has 0 radical (unpaired) electrons. The number of aryl methyl sites for hydroxylation is 1. The van der Waals surface area contributed by atoms with Crippen molar-refractivity contribution in [3.63, 3.8) is 0 Å². The molecule has 6 nitrogen and oxygen atoms in total. The van der Waals surface area contributed by atoms with Gasteiger partial charge in [-0.25, -0.2) is 9.78 Å². The van der Waals surface area contributed by atoms with Crippen LogP contribution in [0, 0.1) is 0 Å². The van der Waals surface area contributed by atoms with E-state index in [1.807, 2.05) is 29.5 Å². The topological polar surface area (TPSA) is 59.4 Å². The van der Waals surface area contributed by atoms with E-state index in [1.165, 1.54) is 0 Å². The third-order valence-electron chi connectivity index (χ3n) is 3.14. The van der Waals surface area contributed by atoms with E-state index >= 15 is 0 Å². The number of nitrogens with one attached hydrogen (secondary N) is 1. The number of hydrogen-bond acceptors (Lipinski definition) is 3. The summed E-state index contributed by atoms with van der Waals surface area (Å²) in [6.07, 6.45) is 6.59. The van der Waals surface area contributed by atoms with Gasteiger partial charge in [-0.15, -0.1) is 0 Å². The van der Waals surface area contributed by atoms with Crippen LogP contribution >= 0.6 is 0 Å². The molecular formula is C13H22N4O2. The van der Waals surface area contributed by atoms with E-state index < -0.39 is 0 Å². The van der Waals surface area contributed by atoms with E-state index in [9.17, 15) is 4.79 Å². The predicted octanol–water partition coefficient (Wildman–Crippen LogP) is 1.09. The van der Waals surface area contributed by atoms with Crippen molar-refractivity contribution < 1.29 is 9.53 Å². The minimum Gasteiger partial charge on any atom is -0.372 e. The van der Waals surface area contributed by atoms with Gasteiger partial charge in [-0.3, -0.25) is 0 Å². The van der Waals surface area contributed by atoms with Gasteiger partial charge < -0.3 is 19.5 Å². The highest BCUT2D eigenvalue weighted by molar-refractivity contribution is 5.74. The van der Waals surface area contributed by atoms with Gasteiger partial charge in [0, 0.05) is 38.6 Å². The normalized spacial score (nSPS) is 23.4. The van der Waals surface area contributed by atoms with E-state index in [0.717, 1.165) is 13.0 Å². The largest absolute Gasteiger partial charge is 0.372 e. The summed E-state index contributed by atoms with van der Waals surface area (Å²) >= 11 is 0. The summed E-state index contributed by atoms with van der Waals surface area (Å²) in [6, 6.07) is 0.00707. The Balaban J connectivity index is 1.66. The first-order valence-corrected chi connectivity index (χ1v) is 6.79. The maximum atomic E-state index is 12.0. The van der Waals surface area contributed by atoms with Crippen molar-refractivity contribution in [2.24, 2.45) is 0 Å². The Bertz CT molecular complexity index is 383. The van der Waals surface area contributed by atoms with Crippen molar-refractivity contribution in [3.8, 4) is 0 Å². The van der Waals surface area contributed by atoms with Crippen molar-refractivity contribution in [2.75, 3.05) is 19.6 Å². The molecular weight excluding hydrogens is 244 g/mol. The predicted molar refractivity (Wildman–Crippen MR) is 71.8 cm³/mol. The average Bonchev–Trinajstić information content (AvgIpc) is 2.86. The molecule has 0 aliphatic carbocycles. The van der Waals surface area contributed by atoms with Gasteiger partial charge in [-0.1, -0.05) is 0 Å². The molecule has 1 N–H and O–H groups in total. The highest BCUT2D eigenvalue weighted by atomic mass is 16.5. The molecule has 1 aliphatic rings. The van der Waals surface area contributed by atoms with E-state index in [2.05, 4.69) is 10.3 Å². The molecule has 19 heavy (non-hydrogen) atoms. The van der Waals surface area contributed by atoms with Crippen LogP contribution in [0.2, 0.25) is 0 Å². The van der Waals surface area contributed by atoms with Crippen molar-refractivity contribution in [1.82, 2.24) is 19.8 Å². The molecule has 2 heterocycles. The maximum absolute atomic E-state index is 12.0. The first-order chi connectivity index (χ1) is 9.15. The Morgan fingerprint density at radius 3 is 2.79 bits per heavy atom. The number of carbonyl (C=O) groups excluding carboxylic acids is 1. The second-order valence-corrected chi connectivity index (χ2v) is 5.05. The molecule has 106 valence electrons. The number of carbonyl (C=O) groups is 1. The quantitative estimate of drug-likeness (QED) is 0.830. The van der Waals surface area contributed by atoms with Gasteiger partial charge >= 0.3 is 6.03 Å². The van der Waals surface area contributed by atoms with Gasteiger partial charge in [0.25, 0.3) is 0 Å². The zero-order valence-corrected chi connectivity index (χ0v) is 11.6. The Labute approximate surface area is 113 Å². The summed E-state index contributed by atoms with van der Waals surface area (Å²) in [7, 11) is 0. The number of hydrogen-bond donors (Lipinski definition) is 1. The third-order valence-corrected chi connectivity index (χ3v) is 3.14. The first kappa shape index (κ1) is 13.9. The fourth-order valence-corrected chi connectivity index (χ4v) is 2.33. The number of morpholine rings is 1. The molecule has 1 aliphatic heterocycles. The Morgan fingerprint density at radius 2 is 2.16 bits per heavy atom. The summed E-state index contributed by atoms with van der Waals surface area (Å²) in [5.41, 5.74) is 0. The van der Waals surface area contributed by atoms with Crippen LogP contribution in [0.1, 0.15) is 20.3 Å². The van der Waals surface area contributed by atoms with Crippen LogP contribution in [-0.4, -0.2) is 52.3 Å². The van der Waals surface area contributed by atoms with E-state index in [-0.39, 0.29) is 18.2 Å². The summed E-state index contributed by atoms with van der Waals surface area (Å²) in [5.74, 6) is 0. The average molecular weight is 266 g/mol. The Morgan fingerprint density at radius 1 is 1.42 bits per heavy atom. The smallest absolute Gasteiger partial charge is 0.317 e. The minimum atomic E-state index is 0.00707. The van der Waals surface area contributed by atoms with Gasteiger partial charge in [-0.2, -0.15) is 0 Å². The summed E-state index contributed by atoms with van der Waals surface area (Å²) in [6.45, 7) is 6.87. The van der Waals surface area contributed by atoms with Crippen molar-refractivity contribution in [1.29, 1.82) is 0 Å². The van der Waals surface area contributed by atoms with Gasteiger partial charge in [0.2, 0.25) is 0 Å². The summed E-state index contributed by atoms with van der Waals surface area (Å²) in [4.78, 5) is 17.8. The molecule has 0 saturated carbocycles. The molecule has 6 heteroatoms. The lowest BCUT2D eigenvalue weighted by Crippen LogP contribution is -2.51. The molecule has 1 aromatic heterocycles. The van der Waals surface area contributed by atoms with Crippen LogP contribution < -0.4 is 5.32 Å². The molecule has 2 amide bonds. The number of ether oxygens (including phenoxy) is 1. The lowest BCUT2D eigenvalue weighted by atomic mass is 10.2. The highest BCUT2D eigenvalue weighted by Crippen LogP contribution is 2.10. The molecule has 1 saturated heterocycles. The number of amides is 2. The lowest BCUT2D eigenvalue weighted by molar-refractivity contribution is -0.0545. The van der Waals surface area contributed by atoms with Crippen LogP contribution in [-0.2, 0) is 11.3 Å². The fraction of sp³-hybridized carbons (Fsp3) is 0.692. The van der Waals surface area contributed by atoms with Crippen LogP contribution in [0.3, 0.4) is 0 Å². The van der Waals surface area contributed by atoms with Crippen LogP contribution in [0.4, 0.5) is 4.79 Å². The maximum Gasteiger partial charge on any atom is 0.317 e. The van der Waals surface area contributed by atoms with E-state index in [4.69, 9.17) is 4.74 Å². The third kappa shape index (κ3) is 4.24. The van der Waals surface area contributed by atoms with Crippen molar-refractivity contribution in [3.05, 3.63) is 18.7 Å². The molecule has 1 aromatic rings. The molecule has 2 rings (SSSR count). The number of imidazole rings is 1. The van der Waals surface area contributed by atoms with Crippen LogP contribution in [0.15, 0.2) is 18.7 Å². The van der Waals surface area contributed by atoms with Gasteiger partial charge in [0.05, 0.1) is 18.5 Å². The molecule has 0 bridgehead atoms. The number of nitrogens with zero attached hydrogens (tertiary/aromatic N) is 3. The lowest BCUT2D eigenvalue weighted by Gasteiger charge is -2.35. The number of rotatable bonds is 4. The molecule has 2 unspecified atom stereocenters. The second-order valence-electron chi connectivity index (χ2n) is 5.05. The Hall–Kier alpha value is -1.56. The first-order valence-electron chi connectivity index (χ1n) is 6.79. The number of urea groups is 1. The van der Waals surface area contributed by atoms with Crippen LogP contribution in [0.5, 0.6) is 0 Å². The fourth-order valence-electron chi connectivity index (χ4n) is 2.33. The van der Waals surface area contributed by atoms with E-state index in [0.29, 0.717) is 19.6 Å². The van der Waals surface area contributed by atoms with Gasteiger partial charge in [0.1, 0.15) is 0 Å². The molecule has 0 spiro atoms. The molecule has 1 fully saturated rings. The van der Waals surface area contributed by atoms with Crippen molar-refractivity contribution >= 4 is 6.03 Å². The zero-order valence-electron chi connectivity index (χ0n) is 11.6. The monoisotopic (exact) mass is 266 g/mol. The van der Waals surface area contributed by atoms with Gasteiger partial charge in [0.15, 0.2) is 0 Å². The minimum absolute atomic E-state index is 0.00707. The van der Waals surface area contributed by atoms with Crippen molar-refractivity contribution in [2.45, 2.75) is 39.0 Å². The van der Waals surface area contributed by atoms with E-state index in [1.54, 1.807) is 12.5 Å². The molecule has 0 aromatic carbocycles. The molecule has 2 atom stereocenters. The zero-order chi connectivity index (χ0) is 13.7. The SMILES string of the molecule is CC1CN(C(=O)NCCCn2ccnc2)CC(C)O1. The standard InChI is InChI=1S/C13H22N4O2/c1-11-8-17(9-12(2)19-11)13(18)15-4-3-6-16-7-5-14-10-16/h5,7,10-12H,3-4,6,8-9H2,1-2H3,(H,15,18). The number of aromatic nitrogens is 2.